The number of fused-ring (bicyclic) bond motifs is 1. The maximum absolute atomic E-state index is 12.2. The van der Waals surface area contributed by atoms with Crippen LogP contribution in [0.1, 0.15) is 40.0 Å². The molecule has 0 aromatic carbocycles. The zero-order valence-corrected chi connectivity index (χ0v) is 12.7. The van der Waals surface area contributed by atoms with Crippen LogP contribution >= 0.6 is 11.8 Å². The minimum Gasteiger partial charge on any atom is -0.465 e. The Balaban J connectivity index is 1.78. The molecule has 2 atom stereocenters. The van der Waals surface area contributed by atoms with E-state index in [1.54, 1.807) is 6.92 Å². The van der Waals surface area contributed by atoms with E-state index in [1.165, 1.54) is 11.8 Å². The minimum absolute atomic E-state index is 0.170. The van der Waals surface area contributed by atoms with Crippen molar-refractivity contribution in [2.75, 3.05) is 12.4 Å². The number of esters is 1. The zero-order valence-electron chi connectivity index (χ0n) is 11.9. The van der Waals surface area contributed by atoms with Gasteiger partial charge in [-0.2, -0.15) is 0 Å². The molecule has 19 heavy (non-hydrogen) atoms. The van der Waals surface area contributed by atoms with Crippen molar-refractivity contribution in [1.82, 2.24) is 0 Å². The molecule has 3 aliphatic rings. The van der Waals surface area contributed by atoms with E-state index < -0.39 is 0 Å². The highest BCUT2D eigenvalue weighted by atomic mass is 32.2. The van der Waals surface area contributed by atoms with Crippen LogP contribution in [-0.4, -0.2) is 23.4 Å². The molecule has 0 heterocycles. The molecule has 1 saturated carbocycles. The number of carbonyl (C=O) groups is 2. The van der Waals surface area contributed by atoms with Crippen LogP contribution in [0.2, 0.25) is 0 Å². The lowest BCUT2D eigenvalue weighted by atomic mass is 9.49. The number of rotatable bonds is 5. The Kier molecular flexibility index (Phi) is 4.39. The lowest BCUT2D eigenvalue weighted by Crippen LogP contribution is -2.49. The summed E-state index contributed by atoms with van der Waals surface area (Å²) in [6.45, 7) is 6.62. The van der Waals surface area contributed by atoms with E-state index in [-0.39, 0.29) is 16.5 Å². The fraction of sp³-hybridized carbons (Fsp3) is 0.733. The maximum Gasteiger partial charge on any atom is 0.305 e. The van der Waals surface area contributed by atoms with Crippen molar-refractivity contribution in [2.24, 2.45) is 17.3 Å². The van der Waals surface area contributed by atoms with Crippen molar-refractivity contribution >= 4 is 22.8 Å². The number of hydrogen-bond donors (Lipinski definition) is 0. The largest absolute Gasteiger partial charge is 0.465 e. The third-order valence-corrected chi connectivity index (χ3v) is 5.44. The van der Waals surface area contributed by atoms with Crippen LogP contribution in [-0.2, 0) is 14.3 Å². The number of hydrogen-bond acceptors (Lipinski definition) is 4. The smallest absolute Gasteiger partial charge is 0.305 e. The van der Waals surface area contributed by atoms with Gasteiger partial charge in [-0.3, -0.25) is 9.59 Å². The summed E-state index contributed by atoms with van der Waals surface area (Å²) >= 11 is 1.28. The van der Waals surface area contributed by atoms with Crippen molar-refractivity contribution in [3.63, 3.8) is 0 Å². The van der Waals surface area contributed by atoms with Gasteiger partial charge in [0, 0.05) is 17.7 Å². The first-order chi connectivity index (χ1) is 8.96. The number of carbonyl (C=O) groups excluding carboxylic acids is 2. The molecule has 0 N–H and O–H groups in total. The van der Waals surface area contributed by atoms with Gasteiger partial charge in [-0.15, -0.1) is 0 Å². The Morgan fingerprint density at radius 3 is 2.79 bits per heavy atom. The summed E-state index contributed by atoms with van der Waals surface area (Å²) < 4.78 is 4.98. The molecule has 0 radical (unpaired) electrons. The van der Waals surface area contributed by atoms with Crippen molar-refractivity contribution in [1.29, 1.82) is 0 Å². The topological polar surface area (TPSA) is 43.4 Å². The Morgan fingerprint density at radius 1 is 1.47 bits per heavy atom. The van der Waals surface area contributed by atoms with Gasteiger partial charge in [-0.05, 0) is 30.1 Å². The van der Waals surface area contributed by atoms with E-state index >= 15 is 0 Å². The second-order valence-corrected chi connectivity index (χ2v) is 6.98. The van der Waals surface area contributed by atoms with E-state index in [0.29, 0.717) is 24.7 Å². The van der Waals surface area contributed by atoms with Gasteiger partial charge >= 0.3 is 5.97 Å². The van der Waals surface area contributed by atoms with Crippen LogP contribution in [0.3, 0.4) is 0 Å². The fourth-order valence-electron chi connectivity index (χ4n) is 3.06. The van der Waals surface area contributed by atoms with Gasteiger partial charge in [0.25, 0.3) is 0 Å². The standard InChI is InChI=1S/C15H22O3S/c1-4-13(16)18-7-8-19-14(17)11-6-5-10-9-12(11)15(10,2)3/h6,10,12H,4-5,7-9H2,1-3H3/t10-,12+/m0/s1. The zero-order chi connectivity index (χ0) is 14.0. The highest BCUT2D eigenvalue weighted by Gasteiger charge is 2.52. The van der Waals surface area contributed by atoms with Crippen LogP contribution in [0.15, 0.2) is 11.6 Å². The molecule has 0 aromatic heterocycles. The molecule has 3 aliphatic carbocycles. The normalized spacial score (nSPS) is 27.2. The van der Waals surface area contributed by atoms with E-state index in [4.69, 9.17) is 4.74 Å². The van der Waals surface area contributed by atoms with Gasteiger partial charge in [-0.1, -0.05) is 38.6 Å². The summed E-state index contributed by atoms with van der Waals surface area (Å²) in [5.41, 5.74) is 1.29. The van der Waals surface area contributed by atoms with E-state index in [0.717, 1.165) is 24.3 Å². The summed E-state index contributed by atoms with van der Waals surface area (Å²) in [6, 6.07) is 0. The molecule has 106 valence electrons. The van der Waals surface area contributed by atoms with Gasteiger partial charge in [-0.25, -0.2) is 0 Å². The Hall–Kier alpha value is -0.770. The predicted octanol–water partition coefficient (Wildman–Crippen LogP) is 3.19. The minimum atomic E-state index is -0.201. The van der Waals surface area contributed by atoms with Crippen LogP contribution in [0.25, 0.3) is 0 Å². The van der Waals surface area contributed by atoms with Crippen LogP contribution in [0.5, 0.6) is 0 Å². The first-order valence-electron chi connectivity index (χ1n) is 6.99. The maximum atomic E-state index is 12.2. The number of thioether (sulfide) groups is 1. The predicted molar refractivity (Wildman–Crippen MR) is 76.8 cm³/mol. The molecular formula is C15H22O3S. The first-order valence-corrected chi connectivity index (χ1v) is 7.98. The summed E-state index contributed by atoms with van der Waals surface area (Å²) in [6.07, 6.45) is 4.71. The molecule has 2 bridgehead atoms. The average molecular weight is 282 g/mol. The fourth-order valence-corrected chi connectivity index (χ4v) is 3.80. The first kappa shape index (κ1) is 14.6. The van der Waals surface area contributed by atoms with Gasteiger partial charge in [0.1, 0.15) is 6.61 Å². The molecule has 0 unspecified atom stereocenters. The second-order valence-electron chi connectivity index (χ2n) is 5.91. The van der Waals surface area contributed by atoms with Gasteiger partial charge in [0.15, 0.2) is 0 Å². The van der Waals surface area contributed by atoms with Crippen molar-refractivity contribution in [3.05, 3.63) is 11.6 Å². The summed E-state index contributed by atoms with van der Waals surface area (Å²) in [4.78, 5) is 23.2. The van der Waals surface area contributed by atoms with E-state index in [2.05, 4.69) is 19.9 Å². The van der Waals surface area contributed by atoms with Gasteiger partial charge in [0.05, 0.1) is 0 Å². The highest BCUT2D eigenvalue weighted by Crippen LogP contribution is 2.59. The summed E-state index contributed by atoms with van der Waals surface area (Å²) in [5.74, 6) is 1.54. The Bertz CT molecular complexity index is 412. The third kappa shape index (κ3) is 2.88. The summed E-state index contributed by atoms with van der Waals surface area (Å²) in [5, 5.41) is 0.170. The van der Waals surface area contributed by atoms with E-state index in [9.17, 15) is 9.59 Å². The molecule has 0 aromatic rings. The van der Waals surface area contributed by atoms with Crippen LogP contribution < -0.4 is 0 Å². The quantitative estimate of drug-likeness (QED) is 0.574. The second kappa shape index (κ2) is 5.70. The third-order valence-electron chi connectivity index (χ3n) is 4.57. The van der Waals surface area contributed by atoms with Crippen molar-refractivity contribution in [3.8, 4) is 0 Å². The Morgan fingerprint density at radius 2 is 2.21 bits per heavy atom. The number of ether oxygens (including phenoxy) is 1. The molecule has 4 heteroatoms. The van der Waals surface area contributed by atoms with Crippen LogP contribution in [0.4, 0.5) is 0 Å². The Labute approximate surface area is 119 Å². The van der Waals surface area contributed by atoms with Crippen LogP contribution in [0, 0.1) is 17.3 Å². The molecule has 3 rings (SSSR count). The van der Waals surface area contributed by atoms with Crippen molar-refractivity contribution in [2.45, 2.75) is 40.0 Å². The molecular weight excluding hydrogens is 260 g/mol. The van der Waals surface area contributed by atoms with Gasteiger partial charge in [0.2, 0.25) is 5.12 Å². The highest BCUT2D eigenvalue weighted by molar-refractivity contribution is 8.14. The van der Waals surface area contributed by atoms with E-state index in [1.807, 2.05) is 0 Å². The molecule has 1 fully saturated rings. The lowest BCUT2D eigenvalue weighted by Gasteiger charge is -2.55. The molecule has 0 aliphatic heterocycles. The lowest BCUT2D eigenvalue weighted by molar-refractivity contribution is -0.142. The number of allylic oxidation sites excluding steroid dienone is 1. The monoisotopic (exact) mass is 282 g/mol. The molecule has 0 spiro atoms. The average Bonchev–Trinajstić information content (AvgIpc) is 2.42. The molecule has 0 saturated heterocycles. The summed E-state index contributed by atoms with van der Waals surface area (Å²) in [7, 11) is 0. The van der Waals surface area contributed by atoms with Crippen molar-refractivity contribution < 1.29 is 14.3 Å². The molecule has 0 amide bonds. The molecule has 3 nitrogen and oxygen atoms in total. The van der Waals surface area contributed by atoms with Gasteiger partial charge < -0.3 is 4.74 Å². The SMILES string of the molecule is CCC(=O)OCCSC(=O)C1=CC[C@H]2C[C@H]1C2(C)C.